The lowest BCUT2D eigenvalue weighted by Gasteiger charge is -2.42. The van der Waals surface area contributed by atoms with Gasteiger partial charge < -0.3 is 15.1 Å². The molecule has 4 rings (SSSR count). The molecule has 0 spiro atoms. The van der Waals surface area contributed by atoms with E-state index in [1.54, 1.807) is 17.9 Å². The molecule has 4 nitrogen and oxygen atoms in total. The molecule has 3 aromatic rings. The monoisotopic (exact) mass is 581 g/mol. The molecule has 41 heavy (non-hydrogen) atoms. The highest BCUT2D eigenvalue weighted by Gasteiger charge is 2.38. The van der Waals surface area contributed by atoms with Crippen LogP contribution in [0.4, 0.5) is 35.5 Å². The van der Waals surface area contributed by atoms with Gasteiger partial charge in [0.15, 0.2) is 0 Å². The number of alkyl halides is 6. The van der Waals surface area contributed by atoms with Crippen LogP contribution in [-0.4, -0.2) is 35.5 Å². The second kappa shape index (κ2) is 12.1. The quantitative estimate of drug-likeness (QED) is 0.303. The number of hydrogen-bond acceptors (Lipinski definition) is 2. The molecule has 0 radical (unpaired) electrons. The highest BCUT2D eigenvalue weighted by Crippen LogP contribution is 2.37. The van der Waals surface area contributed by atoms with E-state index >= 15 is 0 Å². The molecule has 220 valence electrons. The molecule has 0 aromatic heterocycles. The third kappa shape index (κ3) is 7.58. The Kier molecular flexibility index (Phi) is 8.96. The molecule has 0 bridgehead atoms. The van der Waals surface area contributed by atoms with Crippen LogP contribution in [-0.2, 0) is 25.4 Å². The van der Waals surface area contributed by atoms with Crippen LogP contribution in [0.2, 0.25) is 0 Å². The minimum Gasteiger partial charge on any atom is -0.323 e. The van der Waals surface area contributed by atoms with Gasteiger partial charge >= 0.3 is 18.4 Å². The molecular weight excluding hydrogens is 551 g/mol. The van der Waals surface area contributed by atoms with E-state index in [9.17, 15) is 35.5 Å². The maximum absolute atomic E-state index is 13.9. The average Bonchev–Trinajstić information content (AvgIpc) is 2.91. The molecule has 1 aliphatic rings. The van der Waals surface area contributed by atoms with Crippen LogP contribution >= 0.6 is 0 Å². The van der Waals surface area contributed by atoms with Gasteiger partial charge in [-0.3, -0.25) is 0 Å². The lowest BCUT2D eigenvalue weighted by molar-refractivity contribution is -0.143. The standard InChI is InChI=1S/C30H30F7N3O/c1-19-12-24(31)8-9-26(19)27-16-25(38-17-20-6-4-3-5-7-20)10-11-40(27)28(41)39(2)18-21-13-22(29(32,33)34)15-23(14-21)30(35,36)37/h3-9,12-15,25,27,38H,10-11,16-18H2,1-2H3. The molecule has 1 aliphatic heterocycles. The number of halogens is 7. The van der Waals surface area contributed by atoms with Crippen LogP contribution in [0, 0.1) is 12.7 Å². The van der Waals surface area contributed by atoms with Gasteiger partial charge in [0.2, 0.25) is 0 Å². The highest BCUT2D eigenvalue weighted by molar-refractivity contribution is 5.75. The zero-order valence-electron chi connectivity index (χ0n) is 22.5. The van der Waals surface area contributed by atoms with E-state index in [1.165, 1.54) is 19.2 Å². The topological polar surface area (TPSA) is 35.6 Å². The lowest BCUT2D eigenvalue weighted by Crippen LogP contribution is -2.50. The summed E-state index contributed by atoms with van der Waals surface area (Å²) in [6, 6.07) is 14.3. The van der Waals surface area contributed by atoms with Crippen molar-refractivity contribution in [3.8, 4) is 0 Å². The van der Waals surface area contributed by atoms with E-state index < -0.39 is 47.9 Å². The summed E-state index contributed by atoms with van der Waals surface area (Å²) in [7, 11) is 1.34. The van der Waals surface area contributed by atoms with Gasteiger partial charge in [-0.25, -0.2) is 9.18 Å². The van der Waals surface area contributed by atoms with Crippen LogP contribution in [0.3, 0.4) is 0 Å². The molecule has 3 aromatic carbocycles. The zero-order valence-corrected chi connectivity index (χ0v) is 22.5. The van der Waals surface area contributed by atoms with Gasteiger partial charge in [-0.15, -0.1) is 0 Å². The Hall–Kier alpha value is -3.60. The number of rotatable bonds is 6. The number of carbonyl (C=O) groups excluding carboxylic acids is 1. The number of likely N-dealkylation sites (tertiary alicyclic amines) is 1. The van der Waals surface area contributed by atoms with E-state index in [-0.39, 0.29) is 24.2 Å². The Labute approximate surface area is 233 Å². The number of carbonyl (C=O) groups is 1. The van der Waals surface area contributed by atoms with Crippen LogP contribution in [0.1, 0.15) is 52.3 Å². The van der Waals surface area contributed by atoms with Gasteiger partial charge in [0.25, 0.3) is 0 Å². The van der Waals surface area contributed by atoms with Crippen molar-refractivity contribution in [2.75, 3.05) is 13.6 Å². The Morgan fingerprint density at radius 3 is 2.15 bits per heavy atom. The van der Waals surface area contributed by atoms with Gasteiger partial charge in [0, 0.05) is 32.7 Å². The third-order valence-corrected chi connectivity index (χ3v) is 7.27. The summed E-state index contributed by atoms with van der Waals surface area (Å²) in [6.45, 7) is 2.15. The lowest BCUT2D eigenvalue weighted by atomic mass is 9.89. The fourth-order valence-electron chi connectivity index (χ4n) is 5.22. The maximum Gasteiger partial charge on any atom is 0.416 e. The second-order valence-electron chi connectivity index (χ2n) is 10.4. The normalized spacial score (nSPS) is 17.9. The summed E-state index contributed by atoms with van der Waals surface area (Å²) in [5.74, 6) is -0.430. The van der Waals surface area contributed by atoms with Crippen LogP contribution in [0.15, 0.2) is 66.7 Å². The Morgan fingerprint density at radius 2 is 1.56 bits per heavy atom. The van der Waals surface area contributed by atoms with Crippen LogP contribution < -0.4 is 5.32 Å². The number of piperidine rings is 1. The van der Waals surface area contributed by atoms with Gasteiger partial charge in [-0.05, 0) is 72.4 Å². The van der Waals surface area contributed by atoms with Crippen molar-refractivity contribution in [1.29, 1.82) is 0 Å². The van der Waals surface area contributed by atoms with Crippen molar-refractivity contribution >= 4 is 6.03 Å². The van der Waals surface area contributed by atoms with Gasteiger partial charge in [0.05, 0.1) is 17.2 Å². The predicted molar refractivity (Wildman–Crippen MR) is 140 cm³/mol. The third-order valence-electron chi connectivity index (χ3n) is 7.27. The van der Waals surface area contributed by atoms with E-state index in [2.05, 4.69) is 5.32 Å². The Balaban J connectivity index is 1.57. The maximum atomic E-state index is 13.9. The summed E-state index contributed by atoms with van der Waals surface area (Å²) < 4.78 is 94.0. The molecule has 1 fully saturated rings. The summed E-state index contributed by atoms with van der Waals surface area (Å²) in [6.07, 6.45) is -8.91. The number of urea groups is 1. The number of aryl methyl sites for hydroxylation is 1. The number of nitrogens with zero attached hydrogens (tertiary/aromatic N) is 2. The summed E-state index contributed by atoms with van der Waals surface area (Å²) in [5, 5.41) is 3.50. The first kappa shape index (κ1) is 30.4. The number of amides is 2. The van der Waals surface area contributed by atoms with Gasteiger partial charge in [-0.1, -0.05) is 36.4 Å². The smallest absolute Gasteiger partial charge is 0.323 e. The Bertz CT molecular complexity index is 1330. The first-order chi connectivity index (χ1) is 19.2. The summed E-state index contributed by atoms with van der Waals surface area (Å²) in [4.78, 5) is 16.3. The Morgan fingerprint density at radius 1 is 0.927 bits per heavy atom. The largest absolute Gasteiger partial charge is 0.416 e. The molecule has 1 saturated heterocycles. The molecule has 0 aliphatic carbocycles. The fraction of sp³-hybridized carbons (Fsp3) is 0.367. The van der Waals surface area contributed by atoms with Crippen LogP contribution in [0.5, 0.6) is 0 Å². The fourth-order valence-corrected chi connectivity index (χ4v) is 5.22. The number of benzene rings is 3. The van der Waals surface area contributed by atoms with Crippen molar-refractivity contribution < 1.29 is 35.5 Å². The van der Waals surface area contributed by atoms with Crippen molar-refractivity contribution in [3.63, 3.8) is 0 Å². The van der Waals surface area contributed by atoms with E-state index in [4.69, 9.17) is 0 Å². The van der Waals surface area contributed by atoms with E-state index in [1.807, 2.05) is 30.3 Å². The molecule has 2 unspecified atom stereocenters. The number of hydrogen-bond donors (Lipinski definition) is 1. The van der Waals surface area contributed by atoms with Crippen molar-refractivity contribution in [2.45, 2.75) is 57.3 Å². The van der Waals surface area contributed by atoms with Gasteiger partial charge in [-0.2, -0.15) is 26.3 Å². The molecule has 2 atom stereocenters. The summed E-state index contributed by atoms with van der Waals surface area (Å²) >= 11 is 0. The molecule has 1 N–H and O–H groups in total. The first-order valence-electron chi connectivity index (χ1n) is 13.1. The highest BCUT2D eigenvalue weighted by atomic mass is 19.4. The molecule has 2 amide bonds. The van der Waals surface area contributed by atoms with E-state index in [0.717, 1.165) is 16.0 Å². The van der Waals surface area contributed by atoms with Crippen molar-refractivity contribution in [3.05, 3.63) is 106 Å². The zero-order chi connectivity index (χ0) is 29.9. The second-order valence-corrected chi connectivity index (χ2v) is 10.4. The predicted octanol–water partition coefficient (Wildman–Crippen LogP) is 7.72. The van der Waals surface area contributed by atoms with Gasteiger partial charge in [0.1, 0.15) is 5.82 Å². The van der Waals surface area contributed by atoms with Crippen molar-refractivity contribution in [2.24, 2.45) is 0 Å². The minimum absolute atomic E-state index is 0.0110. The SMILES string of the molecule is Cc1cc(F)ccc1C1CC(NCc2ccccc2)CCN1C(=O)N(C)Cc1cc(C(F)(F)F)cc(C(F)(F)F)c1. The van der Waals surface area contributed by atoms with Crippen LogP contribution in [0.25, 0.3) is 0 Å². The molecule has 1 heterocycles. The van der Waals surface area contributed by atoms with Crippen molar-refractivity contribution in [1.82, 2.24) is 15.1 Å². The minimum atomic E-state index is -4.99. The molecule has 0 saturated carbocycles. The number of nitrogens with one attached hydrogen (secondary N) is 1. The van der Waals surface area contributed by atoms with E-state index in [0.29, 0.717) is 37.1 Å². The first-order valence-corrected chi connectivity index (χ1v) is 13.1. The summed E-state index contributed by atoms with van der Waals surface area (Å²) in [5.41, 5.74) is -0.734. The molecular formula is C30H30F7N3O. The molecule has 11 heteroatoms. The average molecular weight is 582 g/mol.